The summed E-state index contributed by atoms with van der Waals surface area (Å²) < 4.78 is 4.75. The molecule has 0 amide bonds. The van der Waals surface area contributed by atoms with Crippen LogP contribution in [-0.2, 0) is 11.8 Å². The lowest BCUT2D eigenvalue weighted by Crippen LogP contribution is -2.25. The molecule has 2 aliphatic rings. The summed E-state index contributed by atoms with van der Waals surface area (Å²) in [5.41, 5.74) is 21.9. The minimum atomic E-state index is -0.480. The number of nitrogens with zero attached hydrogens (tertiary/aromatic N) is 4. The molecule has 3 aromatic heterocycles. The van der Waals surface area contributed by atoms with E-state index in [0.29, 0.717) is 0 Å². The molecule has 0 N–H and O–H groups in total. The Hall–Kier alpha value is -8.86. The van der Waals surface area contributed by atoms with Crippen LogP contribution in [0.15, 0.2) is 224 Å². The predicted molar refractivity (Wildman–Crippen MR) is 285 cm³/mol. The van der Waals surface area contributed by atoms with Crippen LogP contribution < -0.4 is 0 Å². The lowest BCUT2D eigenvalue weighted by Gasteiger charge is -2.30. The van der Waals surface area contributed by atoms with Crippen LogP contribution in [0, 0.1) is 0 Å². The van der Waals surface area contributed by atoms with E-state index in [1.54, 1.807) is 0 Å². The molecule has 0 bridgehead atoms. The van der Waals surface area contributed by atoms with Crippen LogP contribution in [0.2, 0.25) is 0 Å². The SMILES string of the molecule is CCc1nc2ccccc2n1-c1ccc(-c2cc(-c3nc4ccccc4c4ccc5c(c34)-c3ccccc3C53c4ccccc4-c4ccccc43)cc(-n3c4ccccc4c4ccccc43)c2)cc1. The Morgan fingerprint density at radius 2 is 0.928 bits per heavy atom. The lowest BCUT2D eigenvalue weighted by molar-refractivity contribution is 0.794. The fourth-order valence-electron chi connectivity index (χ4n) is 12.5. The molecule has 10 aromatic carbocycles. The molecular weight excluding hydrogens is 837 g/mol. The van der Waals surface area contributed by atoms with E-state index in [1.165, 1.54) is 77.1 Å². The number of aromatic nitrogens is 4. The molecule has 0 aliphatic heterocycles. The summed E-state index contributed by atoms with van der Waals surface area (Å²) in [6.07, 6.45) is 0.835. The van der Waals surface area contributed by atoms with Gasteiger partial charge in [-0.25, -0.2) is 9.97 Å². The van der Waals surface area contributed by atoms with Crippen molar-refractivity contribution in [2.75, 3.05) is 0 Å². The summed E-state index contributed by atoms with van der Waals surface area (Å²) >= 11 is 0. The second kappa shape index (κ2) is 14.3. The summed E-state index contributed by atoms with van der Waals surface area (Å²) in [5.74, 6) is 1.05. The minimum absolute atomic E-state index is 0.480. The standard InChI is InChI=1S/C65H42N4/c1-2-61-66-57-27-13-16-30-60(57)69(61)43-33-31-40(32-34-43)41-37-42(39-44(38-41)68-58-28-14-7-20-48(58)49-21-8-15-29-59(49)68)64-63-50(47-19-6-12-26-56(47)67-64)35-36-55-62(63)51-22-5-11-25-54(51)65(55)52-23-9-3-17-45(52)46-18-4-10-24-53(46)65/h3-39H,2H2,1H3. The molecule has 4 nitrogen and oxygen atoms in total. The molecule has 0 atom stereocenters. The first kappa shape index (κ1) is 38.3. The number of imidazole rings is 1. The van der Waals surface area contributed by atoms with Crippen molar-refractivity contribution in [3.63, 3.8) is 0 Å². The van der Waals surface area contributed by atoms with Gasteiger partial charge < -0.3 is 4.57 Å². The third-order valence-electron chi connectivity index (χ3n) is 15.3. The molecule has 0 radical (unpaired) electrons. The van der Waals surface area contributed by atoms with Gasteiger partial charge in [-0.2, -0.15) is 0 Å². The number of benzene rings is 10. The van der Waals surface area contributed by atoms with Crippen molar-refractivity contribution >= 4 is 54.5 Å². The lowest BCUT2D eigenvalue weighted by atomic mass is 9.70. The molecule has 1 spiro atoms. The van der Waals surface area contributed by atoms with E-state index in [0.717, 1.165) is 67.9 Å². The van der Waals surface area contributed by atoms with Crippen LogP contribution >= 0.6 is 0 Å². The van der Waals surface area contributed by atoms with Gasteiger partial charge in [-0.15, -0.1) is 0 Å². The summed E-state index contributed by atoms with van der Waals surface area (Å²) in [6.45, 7) is 2.18. The molecule has 2 aliphatic carbocycles. The number of aryl methyl sites for hydroxylation is 1. The van der Waals surface area contributed by atoms with E-state index in [-0.39, 0.29) is 0 Å². The third kappa shape index (κ3) is 5.18. The van der Waals surface area contributed by atoms with Crippen molar-refractivity contribution < 1.29 is 0 Å². The molecule has 4 heteroatoms. The molecular formula is C65H42N4. The fraction of sp³-hybridized carbons (Fsp3) is 0.0462. The molecule has 322 valence electrons. The second-order valence-corrected chi connectivity index (χ2v) is 18.7. The zero-order valence-electron chi connectivity index (χ0n) is 37.9. The van der Waals surface area contributed by atoms with E-state index in [9.17, 15) is 0 Å². The van der Waals surface area contributed by atoms with Crippen molar-refractivity contribution in [1.82, 2.24) is 19.1 Å². The Kier molecular flexibility index (Phi) is 7.94. The van der Waals surface area contributed by atoms with Crippen LogP contribution in [0.25, 0.3) is 111 Å². The first-order valence-electron chi connectivity index (χ1n) is 24.1. The van der Waals surface area contributed by atoms with Crippen molar-refractivity contribution in [2.24, 2.45) is 0 Å². The van der Waals surface area contributed by atoms with Crippen LogP contribution in [0.5, 0.6) is 0 Å². The number of fused-ring (bicyclic) bond motifs is 18. The van der Waals surface area contributed by atoms with Gasteiger partial charge in [-0.1, -0.05) is 171 Å². The van der Waals surface area contributed by atoms with E-state index in [2.05, 4.69) is 241 Å². The van der Waals surface area contributed by atoms with Gasteiger partial charge >= 0.3 is 0 Å². The van der Waals surface area contributed by atoms with E-state index in [4.69, 9.17) is 9.97 Å². The zero-order chi connectivity index (χ0) is 45.4. The van der Waals surface area contributed by atoms with Gasteiger partial charge in [0.15, 0.2) is 0 Å². The number of hydrogen-bond donors (Lipinski definition) is 0. The van der Waals surface area contributed by atoms with Gasteiger partial charge in [0.05, 0.1) is 38.7 Å². The normalized spacial score (nSPS) is 13.2. The van der Waals surface area contributed by atoms with Crippen LogP contribution in [0.3, 0.4) is 0 Å². The molecule has 15 rings (SSSR count). The molecule has 13 aromatic rings. The largest absolute Gasteiger partial charge is 0.309 e. The van der Waals surface area contributed by atoms with Crippen molar-refractivity contribution in [2.45, 2.75) is 18.8 Å². The van der Waals surface area contributed by atoms with Crippen molar-refractivity contribution in [3.8, 4) is 56.0 Å². The predicted octanol–water partition coefficient (Wildman–Crippen LogP) is 16.1. The fourth-order valence-corrected chi connectivity index (χ4v) is 12.5. The van der Waals surface area contributed by atoms with E-state index in [1.807, 2.05) is 0 Å². The number of para-hydroxylation sites is 5. The molecule has 3 heterocycles. The Balaban J connectivity index is 1.04. The first-order valence-corrected chi connectivity index (χ1v) is 24.1. The van der Waals surface area contributed by atoms with Gasteiger partial charge in [0.2, 0.25) is 0 Å². The smallest absolute Gasteiger partial charge is 0.114 e. The van der Waals surface area contributed by atoms with E-state index < -0.39 is 5.41 Å². The Bertz CT molecular complexity index is 4200. The average molecular weight is 879 g/mol. The van der Waals surface area contributed by atoms with Gasteiger partial charge in [0, 0.05) is 44.9 Å². The zero-order valence-corrected chi connectivity index (χ0v) is 37.9. The minimum Gasteiger partial charge on any atom is -0.309 e. The highest BCUT2D eigenvalue weighted by Gasteiger charge is 2.52. The maximum absolute atomic E-state index is 5.79. The second-order valence-electron chi connectivity index (χ2n) is 18.7. The Labute approximate surface area is 399 Å². The maximum Gasteiger partial charge on any atom is 0.114 e. The first-order chi connectivity index (χ1) is 34.2. The highest BCUT2D eigenvalue weighted by atomic mass is 15.1. The summed E-state index contributed by atoms with van der Waals surface area (Å²) in [5, 5.41) is 5.99. The number of rotatable bonds is 5. The molecule has 69 heavy (non-hydrogen) atoms. The third-order valence-corrected chi connectivity index (χ3v) is 15.3. The Morgan fingerprint density at radius 1 is 0.377 bits per heavy atom. The monoisotopic (exact) mass is 878 g/mol. The number of pyridine rings is 1. The topological polar surface area (TPSA) is 35.6 Å². The summed E-state index contributed by atoms with van der Waals surface area (Å²) in [4.78, 5) is 10.8. The van der Waals surface area contributed by atoms with Crippen LogP contribution in [-0.4, -0.2) is 19.1 Å². The highest BCUT2D eigenvalue weighted by Crippen LogP contribution is 2.64. The van der Waals surface area contributed by atoms with Gasteiger partial charge in [0.25, 0.3) is 0 Å². The summed E-state index contributed by atoms with van der Waals surface area (Å²) in [6, 6.07) is 83.0. The van der Waals surface area contributed by atoms with Crippen molar-refractivity contribution in [3.05, 3.63) is 253 Å². The van der Waals surface area contributed by atoms with Crippen molar-refractivity contribution in [1.29, 1.82) is 0 Å². The van der Waals surface area contributed by atoms with Gasteiger partial charge in [-0.3, -0.25) is 4.57 Å². The average Bonchev–Trinajstić information content (AvgIpc) is 4.14. The molecule has 0 saturated heterocycles. The Morgan fingerprint density at radius 3 is 1.61 bits per heavy atom. The highest BCUT2D eigenvalue weighted by molar-refractivity contribution is 6.19. The van der Waals surface area contributed by atoms with Gasteiger partial charge in [-0.05, 0) is 122 Å². The molecule has 0 unspecified atom stereocenters. The molecule has 0 fully saturated rings. The summed E-state index contributed by atoms with van der Waals surface area (Å²) in [7, 11) is 0. The molecule has 0 saturated carbocycles. The van der Waals surface area contributed by atoms with Crippen LogP contribution in [0.4, 0.5) is 0 Å². The van der Waals surface area contributed by atoms with Crippen LogP contribution in [0.1, 0.15) is 35.0 Å². The van der Waals surface area contributed by atoms with E-state index >= 15 is 0 Å². The number of hydrogen-bond acceptors (Lipinski definition) is 2. The van der Waals surface area contributed by atoms with Gasteiger partial charge in [0.1, 0.15) is 5.82 Å². The quantitative estimate of drug-likeness (QED) is 0.162. The maximum atomic E-state index is 5.79.